The second-order valence-corrected chi connectivity index (χ2v) is 2.58. The maximum atomic E-state index is 5.55. The molecule has 2 unspecified atom stereocenters. The van der Waals surface area contributed by atoms with Crippen LogP contribution in [0.2, 0.25) is 0 Å². The molecule has 0 aliphatic carbocycles. The summed E-state index contributed by atoms with van der Waals surface area (Å²) >= 11 is 0. The average Bonchev–Trinajstić information content (AvgIpc) is 1.95. The van der Waals surface area contributed by atoms with Crippen molar-refractivity contribution in [3.8, 4) is 0 Å². The molecule has 5 nitrogen and oxygen atoms in total. The Kier molecular flexibility index (Phi) is 1.27. The van der Waals surface area contributed by atoms with Crippen molar-refractivity contribution in [3.05, 3.63) is 11.6 Å². The number of hydrogen-bond donors (Lipinski definition) is 4. The van der Waals surface area contributed by atoms with Crippen molar-refractivity contribution in [3.63, 3.8) is 0 Å². The van der Waals surface area contributed by atoms with Crippen LogP contribution in [0.15, 0.2) is 11.6 Å². The van der Waals surface area contributed by atoms with Crippen LogP contribution >= 0.6 is 0 Å². The van der Waals surface area contributed by atoms with Crippen LogP contribution in [-0.4, -0.2) is 11.8 Å². The minimum absolute atomic E-state index is 0.137. The molecule has 0 saturated carbocycles. The van der Waals surface area contributed by atoms with E-state index in [0.717, 1.165) is 0 Å². The van der Waals surface area contributed by atoms with E-state index in [1.54, 1.807) is 6.92 Å². The van der Waals surface area contributed by atoms with Crippen LogP contribution < -0.4 is 22.9 Å². The fourth-order valence-electron chi connectivity index (χ4n) is 0.821. The van der Waals surface area contributed by atoms with Gasteiger partial charge in [-0.25, -0.2) is 0 Å². The average molecular weight is 144 g/mol. The topological polar surface area (TPSA) is 113 Å². The van der Waals surface area contributed by atoms with E-state index in [9.17, 15) is 0 Å². The van der Waals surface area contributed by atoms with Crippen LogP contribution in [-0.2, 0) is 4.74 Å². The molecule has 0 spiro atoms. The first kappa shape index (κ1) is 7.17. The van der Waals surface area contributed by atoms with Gasteiger partial charge in [0.15, 0.2) is 5.72 Å². The lowest BCUT2D eigenvalue weighted by molar-refractivity contribution is 0.0366. The molecule has 0 aromatic carbocycles. The lowest BCUT2D eigenvalue weighted by Gasteiger charge is -2.22. The van der Waals surface area contributed by atoms with Crippen molar-refractivity contribution in [2.24, 2.45) is 22.9 Å². The fourth-order valence-corrected chi connectivity index (χ4v) is 0.821. The molecule has 0 fully saturated rings. The van der Waals surface area contributed by atoms with E-state index in [-0.39, 0.29) is 5.88 Å². The fraction of sp³-hybridized carbons (Fsp3) is 0.600. The lowest BCUT2D eigenvalue weighted by Crippen LogP contribution is -2.52. The Hall–Kier alpha value is -0.940. The van der Waals surface area contributed by atoms with Crippen molar-refractivity contribution >= 4 is 0 Å². The van der Waals surface area contributed by atoms with Gasteiger partial charge < -0.3 is 21.9 Å². The first-order chi connectivity index (χ1) is 4.45. The predicted octanol–water partition coefficient (Wildman–Crippen LogP) is -1.89. The molecule has 0 aromatic heterocycles. The van der Waals surface area contributed by atoms with E-state index in [2.05, 4.69) is 0 Å². The minimum Gasteiger partial charge on any atom is -0.455 e. The third-order valence-electron chi connectivity index (χ3n) is 1.57. The molecule has 0 radical (unpaired) electrons. The molecular formula is C5H12N4O. The van der Waals surface area contributed by atoms with Gasteiger partial charge in [0.1, 0.15) is 6.04 Å². The Bertz CT molecular complexity index is 186. The first-order valence-electron chi connectivity index (χ1n) is 2.93. The molecule has 10 heavy (non-hydrogen) atoms. The second-order valence-electron chi connectivity index (χ2n) is 2.58. The van der Waals surface area contributed by atoms with Crippen LogP contribution in [0.3, 0.4) is 0 Å². The van der Waals surface area contributed by atoms with Gasteiger partial charge in [-0.3, -0.25) is 5.73 Å². The molecule has 1 heterocycles. The summed E-state index contributed by atoms with van der Waals surface area (Å²) in [7, 11) is 0. The zero-order chi connectivity index (χ0) is 7.94. The number of rotatable bonds is 0. The smallest absolute Gasteiger partial charge is 0.207 e. The summed E-state index contributed by atoms with van der Waals surface area (Å²) in [5.41, 5.74) is 21.2. The first-order valence-corrected chi connectivity index (χ1v) is 2.93. The number of hydrogen-bond acceptors (Lipinski definition) is 5. The summed E-state index contributed by atoms with van der Waals surface area (Å²) in [6.45, 7) is 1.63. The molecule has 0 saturated heterocycles. The van der Waals surface area contributed by atoms with E-state index < -0.39 is 11.8 Å². The largest absolute Gasteiger partial charge is 0.455 e. The van der Waals surface area contributed by atoms with E-state index in [0.29, 0.717) is 5.70 Å². The van der Waals surface area contributed by atoms with Gasteiger partial charge in [0, 0.05) is 0 Å². The highest BCUT2D eigenvalue weighted by atomic mass is 16.5. The molecule has 0 bridgehead atoms. The standard InChI is InChI=1S/C5H12N4O/c1-5(9)3(7)2(6)4(8)10-5/h3H,6-9H2,1H3. The maximum absolute atomic E-state index is 5.55. The highest BCUT2D eigenvalue weighted by molar-refractivity contribution is 5.19. The van der Waals surface area contributed by atoms with Gasteiger partial charge >= 0.3 is 0 Å². The Morgan fingerprint density at radius 1 is 1.50 bits per heavy atom. The van der Waals surface area contributed by atoms with Crippen LogP contribution in [0.25, 0.3) is 0 Å². The summed E-state index contributed by atoms with van der Waals surface area (Å²) in [6, 6.07) is -0.507. The van der Waals surface area contributed by atoms with E-state index >= 15 is 0 Å². The van der Waals surface area contributed by atoms with Gasteiger partial charge in [-0.2, -0.15) is 0 Å². The van der Waals surface area contributed by atoms with Gasteiger partial charge in [-0.15, -0.1) is 0 Å². The maximum Gasteiger partial charge on any atom is 0.207 e. The zero-order valence-electron chi connectivity index (χ0n) is 5.79. The third kappa shape index (κ3) is 0.795. The molecule has 1 aliphatic rings. The molecule has 1 rings (SSSR count). The SMILES string of the molecule is CC1(N)OC(N)=C(N)C1N. The Labute approximate surface area is 59.0 Å². The summed E-state index contributed by atoms with van der Waals surface area (Å²) in [5, 5.41) is 0. The Balaban J connectivity index is 2.87. The van der Waals surface area contributed by atoms with Crippen LogP contribution in [0.1, 0.15) is 6.92 Å². The lowest BCUT2D eigenvalue weighted by atomic mass is 10.1. The molecule has 5 heteroatoms. The summed E-state index contributed by atoms with van der Waals surface area (Å²) in [5.74, 6) is 0.137. The third-order valence-corrected chi connectivity index (χ3v) is 1.57. The second kappa shape index (κ2) is 1.77. The quantitative estimate of drug-likeness (QED) is 0.317. The van der Waals surface area contributed by atoms with E-state index in [1.165, 1.54) is 0 Å². The van der Waals surface area contributed by atoms with Crippen LogP contribution in [0.5, 0.6) is 0 Å². The normalized spacial score (nSPS) is 40.1. The van der Waals surface area contributed by atoms with Crippen molar-refractivity contribution in [1.29, 1.82) is 0 Å². The molecule has 0 aromatic rings. The minimum atomic E-state index is -0.950. The number of nitrogens with two attached hydrogens (primary N) is 4. The van der Waals surface area contributed by atoms with Gasteiger partial charge in [0.05, 0.1) is 5.70 Å². The molecule has 2 atom stereocenters. The van der Waals surface area contributed by atoms with E-state index in [1.807, 2.05) is 0 Å². The van der Waals surface area contributed by atoms with Crippen LogP contribution in [0.4, 0.5) is 0 Å². The molecule has 0 amide bonds. The Morgan fingerprint density at radius 2 is 2.00 bits per heavy atom. The van der Waals surface area contributed by atoms with E-state index in [4.69, 9.17) is 27.7 Å². The molecule has 58 valence electrons. The number of ether oxygens (including phenoxy) is 1. The molecule has 8 N–H and O–H groups in total. The van der Waals surface area contributed by atoms with Crippen molar-refractivity contribution in [1.82, 2.24) is 0 Å². The van der Waals surface area contributed by atoms with Gasteiger partial charge in [0.2, 0.25) is 5.88 Å². The predicted molar refractivity (Wildman–Crippen MR) is 37.1 cm³/mol. The van der Waals surface area contributed by atoms with Crippen molar-refractivity contribution in [2.75, 3.05) is 0 Å². The molecule has 1 aliphatic heterocycles. The van der Waals surface area contributed by atoms with Gasteiger partial charge in [-0.05, 0) is 6.92 Å². The summed E-state index contributed by atoms with van der Waals surface area (Å²) < 4.78 is 4.96. The highest BCUT2D eigenvalue weighted by Gasteiger charge is 2.39. The monoisotopic (exact) mass is 144 g/mol. The summed E-state index contributed by atoms with van der Waals surface area (Å²) in [6.07, 6.45) is 0. The van der Waals surface area contributed by atoms with Crippen molar-refractivity contribution < 1.29 is 4.74 Å². The zero-order valence-corrected chi connectivity index (χ0v) is 5.79. The highest BCUT2D eigenvalue weighted by Crippen LogP contribution is 2.22. The Morgan fingerprint density at radius 3 is 2.10 bits per heavy atom. The van der Waals surface area contributed by atoms with Crippen LogP contribution in [0, 0.1) is 0 Å². The summed E-state index contributed by atoms with van der Waals surface area (Å²) in [4.78, 5) is 0. The molecular weight excluding hydrogens is 132 g/mol. The van der Waals surface area contributed by atoms with Gasteiger partial charge in [-0.1, -0.05) is 0 Å². The van der Waals surface area contributed by atoms with Gasteiger partial charge in [0.25, 0.3) is 0 Å². The van der Waals surface area contributed by atoms with Crippen molar-refractivity contribution in [2.45, 2.75) is 18.7 Å².